The van der Waals surface area contributed by atoms with Gasteiger partial charge in [-0.1, -0.05) is 23.3 Å². The van der Waals surface area contributed by atoms with Gasteiger partial charge in [0.05, 0.1) is 12.9 Å². The number of halogens is 1. The molecule has 0 aliphatic heterocycles. The summed E-state index contributed by atoms with van der Waals surface area (Å²) in [4.78, 5) is 12.2. The Kier molecular flexibility index (Phi) is 5.00. The minimum atomic E-state index is -0.296. The lowest BCUT2D eigenvalue weighted by Gasteiger charge is -2.04. The van der Waals surface area contributed by atoms with Crippen LogP contribution in [0, 0.1) is 0 Å². The first kappa shape index (κ1) is 14.8. The number of hydrogen-bond donors (Lipinski definition) is 1. The van der Waals surface area contributed by atoms with Gasteiger partial charge in [-0.3, -0.25) is 4.52 Å². The van der Waals surface area contributed by atoms with Gasteiger partial charge in [0.2, 0.25) is 5.95 Å². The monoisotopic (exact) mass is 313 g/mol. The quantitative estimate of drug-likeness (QED) is 0.381. The number of nitrogen functional groups attached to an aromatic ring is 1. The average molecular weight is 314 g/mol. The molecule has 0 spiro atoms. The average Bonchev–Trinajstić information content (AvgIpc) is 2.78. The fraction of sp³-hybridized carbons (Fsp3) is 0.364. The van der Waals surface area contributed by atoms with Crippen molar-refractivity contribution in [3.05, 3.63) is 23.1 Å². The van der Waals surface area contributed by atoms with Crippen molar-refractivity contribution >= 4 is 37.4 Å². The fourth-order valence-electron chi connectivity index (χ4n) is 1.77. The van der Waals surface area contributed by atoms with E-state index in [0.29, 0.717) is 30.7 Å². The molecule has 0 amide bonds. The molecular formula is C11H13ClN5O2P. The van der Waals surface area contributed by atoms with Crippen LogP contribution in [0.2, 0.25) is 5.15 Å². The summed E-state index contributed by atoms with van der Waals surface area (Å²) in [6.45, 7) is 3.00. The van der Waals surface area contributed by atoms with E-state index in [1.54, 1.807) is 6.33 Å². The Morgan fingerprint density at radius 2 is 2.40 bits per heavy atom. The summed E-state index contributed by atoms with van der Waals surface area (Å²) in [7, 11) is -0.296. The molecule has 20 heavy (non-hydrogen) atoms. The molecule has 2 N–H and O–H groups in total. The van der Waals surface area contributed by atoms with Crippen molar-refractivity contribution in [3.63, 3.8) is 0 Å². The van der Waals surface area contributed by atoms with Crippen molar-refractivity contribution in [2.45, 2.75) is 19.9 Å². The normalized spacial score (nSPS) is 12.4. The highest BCUT2D eigenvalue weighted by atomic mass is 35.5. The second-order valence-electron chi connectivity index (χ2n) is 4.16. The van der Waals surface area contributed by atoms with E-state index in [9.17, 15) is 4.57 Å². The fourth-order valence-corrected chi connectivity index (χ4v) is 2.17. The van der Waals surface area contributed by atoms with Gasteiger partial charge in [0.15, 0.2) is 10.8 Å². The highest BCUT2D eigenvalue weighted by molar-refractivity contribution is 7.17. The molecule has 0 aliphatic rings. The van der Waals surface area contributed by atoms with E-state index in [-0.39, 0.29) is 19.8 Å². The number of anilines is 1. The van der Waals surface area contributed by atoms with Gasteiger partial charge in [-0.2, -0.15) is 9.97 Å². The number of rotatable bonds is 6. The van der Waals surface area contributed by atoms with E-state index in [2.05, 4.69) is 15.0 Å². The number of imidazole rings is 1. The molecule has 2 heterocycles. The van der Waals surface area contributed by atoms with Crippen molar-refractivity contribution in [2.24, 2.45) is 0 Å². The Labute approximate surface area is 122 Å². The first-order valence-electron chi connectivity index (χ1n) is 5.86. The Morgan fingerprint density at radius 1 is 1.60 bits per heavy atom. The lowest BCUT2D eigenvalue weighted by Crippen LogP contribution is -2.02. The molecule has 0 saturated heterocycles. The van der Waals surface area contributed by atoms with Gasteiger partial charge in [-0.15, -0.1) is 0 Å². The second kappa shape index (κ2) is 6.74. The Bertz CT molecular complexity index is 658. The van der Waals surface area contributed by atoms with E-state index >= 15 is 0 Å². The molecule has 2 rings (SSSR count). The number of allylic oxidation sites excluding steroid dienone is 1. The minimum absolute atomic E-state index is 0.119. The molecule has 0 unspecified atom stereocenters. The summed E-state index contributed by atoms with van der Waals surface area (Å²) in [5.74, 6) is 0.119. The smallest absolute Gasteiger partial charge is 0.327 e. The van der Waals surface area contributed by atoms with Crippen molar-refractivity contribution in [1.82, 2.24) is 19.5 Å². The summed E-state index contributed by atoms with van der Waals surface area (Å²) in [6.07, 6.45) is 4.34. The number of nitrogens with two attached hydrogens (primary N) is 1. The highest BCUT2D eigenvalue weighted by Crippen LogP contribution is 2.20. The van der Waals surface area contributed by atoms with E-state index in [0.717, 1.165) is 5.57 Å². The highest BCUT2D eigenvalue weighted by Gasteiger charge is 2.10. The molecule has 2 aromatic rings. The van der Waals surface area contributed by atoms with Crippen molar-refractivity contribution in [2.75, 3.05) is 12.3 Å². The van der Waals surface area contributed by atoms with E-state index in [4.69, 9.17) is 21.9 Å². The first-order chi connectivity index (χ1) is 9.61. The molecule has 0 aliphatic carbocycles. The van der Waals surface area contributed by atoms with Crippen LogP contribution in [0.5, 0.6) is 0 Å². The topological polar surface area (TPSA) is 95.9 Å². The van der Waals surface area contributed by atoms with E-state index in [1.165, 1.54) is 0 Å². The SMILES string of the molecule is CC(=CCCOP=O)Cn1cnc2c(Cl)nc(N)nc21. The van der Waals surface area contributed by atoms with Gasteiger partial charge in [-0.05, 0) is 13.3 Å². The van der Waals surface area contributed by atoms with Crippen LogP contribution in [-0.4, -0.2) is 26.1 Å². The molecule has 2 aromatic heterocycles. The predicted octanol–water partition coefficient (Wildman–Crippen LogP) is 2.62. The number of hydrogen-bond acceptors (Lipinski definition) is 6. The molecule has 9 heteroatoms. The number of nitrogens with zero attached hydrogens (tertiary/aromatic N) is 4. The predicted molar refractivity (Wildman–Crippen MR) is 76.7 cm³/mol. The molecule has 7 nitrogen and oxygen atoms in total. The Morgan fingerprint density at radius 3 is 3.15 bits per heavy atom. The molecule has 106 valence electrons. The van der Waals surface area contributed by atoms with Crippen LogP contribution in [0.3, 0.4) is 0 Å². The third kappa shape index (κ3) is 3.50. The van der Waals surface area contributed by atoms with Crippen LogP contribution in [0.1, 0.15) is 13.3 Å². The maximum absolute atomic E-state index is 10.1. The Balaban J connectivity index is 2.15. The molecule has 0 atom stereocenters. The minimum Gasteiger partial charge on any atom is -0.368 e. The van der Waals surface area contributed by atoms with Gasteiger partial charge in [0, 0.05) is 6.54 Å². The van der Waals surface area contributed by atoms with Crippen LogP contribution in [-0.2, 0) is 15.6 Å². The Hall–Kier alpha value is -1.56. The maximum atomic E-state index is 10.1. The summed E-state index contributed by atoms with van der Waals surface area (Å²) < 4.78 is 16.7. The number of aromatic nitrogens is 4. The van der Waals surface area contributed by atoms with Crippen molar-refractivity contribution < 1.29 is 9.09 Å². The van der Waals surface area contributed by atoms with Crippen LogP contribution >= 0.6 is 20.3 Å². The molecular weight excluding hydrogens is 301 g/mol. The molecule has 0 radical (unpaired) electrons. The van der Waals surface area contributed by atoms with Gasteiger partial charge in [0.25, 0.3) is 0 Å². The van der Waals surface area contributed by atoms with Crippen LogP contribution < -0.4 is 5.73 Å². The zero-order valence-electron chi connectivity index (χ0n) is 10.8. The summed E-state index contributed by atoms with van der Waals surface area (Å²) >= 11 is 5.96. The zero-order valence-corrected chi connectivity index (χ0v) is 12.4. The summed E-state index contributed by atoms with van der Waals surface area (Å²) in [5, 5.41) is 0.246. The van der Waals surface area contributed by atoms with Crippen molar-refractivity contribution in [3.8, 4) is 0 Å². The zero-order chi connectivity index (χ0) is 14.5. The van der Waals surface area contributed by atoms with Gasteiger partial charge in [0.1, 0.15) is 5.52 Å². The molecule has 0 saturated carbocycles. The van der Waals surface area contributed by atoms with Gasteiger partial charge in [-0.25, -0.2) is 9.55 Å². The lowest BCUT2D eigenvalue weighted by molar-refractivity contribution is 0.349. The first-order valence-corrected chi connectivity index (χ1v) is 6.96. The van der Waals surface area contributed by atoms with Crippen LogP contribution in [0.25, 0.3) is 11.2 Å². The maximum Gasteiger partial charge on any atom is 0.327 e. The van der Waals surface area contributed by atoms with E-state index in [1.807, 2.05) is 17.6 Å². The third-order valence-corrected chi connectivity index (χ3v) is 3.16. The lowest BCUT2D eigenvalue weighted by atomic mass is 10.2. The summed E-state index contributed by atoms with van der Waals surface area (Å²) in [6, 6.07) is 0. The molecule has 0 aromatic carbocycles. The standard InChI is InChI=1S/C11H13ClN5O2P/c1-7(3-2-4-19-20-18)5-17-6-14-8-9(12)15-11(13)16-10(8)17/h3,6H,2,4-5H2,1H3,(H2,13,15,16). The summed E-state index contributed by atoms with van der Waals surface area (Å²) in [5.41, 5.74) is 7.82. The molecule has 0 fully saturated rings. The van der Waals surface area contributed by atoms with E-state index < -0.39 is 0 Å². The van der Waals surface area contributed by atoms with Crippen molar-refractivity contribution in [1.29, 1.82) is 0 Å². The largest absolute Gasteiger partial charge is 0.368 e. The third-order valence-electron chi connectivity index (χ3n) is 2.61. The number of fused-ring (bicyclic) bond motifs is 1. The molecule has 0 bridgehead atoms. The second-order valence-corrected chi connectivity index (χ2v) is 4.93. The van der Waals surface area contributed by atoms with Crippen LogP contribution in [0.15, 0.2) is 18.0 Å². The van der Waals surface area contributed by atoms with Gasteiger partial charge >= 0.3 is 8.69 Å². The van der Waals surface area contributed by atoms with Gasteiger partial charge < -0.3 is 10.3 Å². The van der Waals surface area contributed by atoms with Crippen LogP contribution in [0.4, 0.5) is 5.95 Å².